The van der Waals surface area contributed by atoms with Gasteiger partial charge in [-0.15, -0.1) is 11.3 Å². The number of thiophene rings is 1. The summed E-state index contributed by atoms with van der Waals surface area (Å²) in [5.74, 6) is 0.831. The predicted octanol–water partition coefficient (Wildman–Crippen LogP) is 4.64. The molecule has 0 bridgehead atoms. The Morgan fingerprint density at radius 3 is 2.61 bits per heavy atom. The SMILES string of the molecule is CCOC(=O)c1sc2nc(Cc3ccccc3OCc3ccccc3)[nH]c(=O)c2c1C. The number of para-hydroxylation sites is 1. The molecule has 1 N–H and O–H groups in total. The average molecular weight is 435 g/mol. The lowest BCUT2D eigenvalue weighted by Crippen LogP contribution is -2.12. The lowest BCUT2D eigenvalue weighted by Gasteiger charge is -2.11. The Morgan fingerprint density at radius 1 is 1.10 bits per heavy atom. The number of hydrogen-bond acceptors (Lipinski definition) is 6. The minimum atomic E-state index is -0.427. The molecule has 0 spiro atoms. The van der Waals surface area contributed by atoms with Gasteiger partial charge in [0, 0.05) is 12.0 Å². The number of H-pyrrole nitrogens is 1. The molecule has 0 amide bonds. The number of ether oxygens (including phenoxy) is 2. The molecule has 0 saturated carbocycles. The molecule has 0 aliphatic carbocycles. The van der Waals surface area contributed by atoms with Gasteiger partial charge in [-0.1, -0.05) is 48.5 Å². The highest BCUT2D eigenvalue weighted by Gasteiger charge is 2.20. The molecular weight excluding hydrogens is 412 g/mol. The molecule has 0 fully saturated rings. The summed E-state index contributed by atoms with van der Waals surface area (Å²) in [5, 5.41) is 0.436. The minimum Gasteiger partial charge on any atom is -0.489 e. The third kappa shape index (κ3) is 4.51. The maximum atomic E-state index is 12.7. The van der Waals surface area contributed by atoms with Crippen LogP contribution in [0.15, 0.2) is 59.4 Å². The summed E-state index contributed by atoms with van der Waals surface area (Å²) in [6, 6.07) is 17.6. The fourth-order valence-electron chi connectivity index (χ4n) is 3.37. The number of aromatic amines is 1. The molecule has 2 aromatic heterocycles. The first kappa shape index (κ1) is 20.8. The van der Waals surface area contributed by atoms with E-state index in [0.29, 0.717) is 39.5 Å². The number of fused-ring (bicyclic) bond motifs is 1. The Balaban J connectivity index is 1.62. The second-order valence-corrected chi connectivity index (χ2v) is 8.03. The summed E-state index contributed by atoms with van der Waals surface area (Å²) in [6.07, 6.45) is 0.405. The van der Waals surface area contributed by atoms with Crippen molar-refractivity contribution in [2.75, 3.05) is 6.61 Å². The van der Waals surface area contributed by atoms with Crippen LogP contribution in [0.3, 0.4) is 0 Å². The second kappa shape index (κ2) is 9.14. The number of aromatic nitrogens is 2. The minimum absolute atomic E-state index is 0.257. The molecule has 2 aromatic carbocycles. The molecule has 0 saturated heterocycles. The Kier molecular flexibility index (Phi) is 6.13. The van der Waals surface area contributed by atoms with Gasteiger partial charge >= 0.3 is 5.97 Å². The van der Waals surface area contributed by atoms with Crippen LogP contribution in [0.25, 0.3) is 10.2 Å². The van der Waals surface area contributed by atoms with Crippen molar-refractivity contribution in [2.45, 2.75) is 26.9 Å². The normalized spacial score (nSPS) is 10.9. The number of nitrogens with one attached hydrogen (secondary N) is 1. The fourth-order valence-corrected chi connectivity index (χ4v) is 4.46. The van der Waals surface area contributed by atoms with E-state index < -0.39 is 5.97 Å². The van der Waals surface area contributed by atoms with Crippen molar-refractivity contribution < 1.29 is 14.3 Å². The van der Waals surface area contributed by atoms with E-state index in [-0.39, 0.29) is 12.2 Å². The lowest BCUT2D eigenvalue weighted by molar-refractivity contribution is 0.0531. The zero-order chi connectivity index (χ0) is 21.8. The van der Waals surface area contributed by atoms with Gasteiger partial charge in [0.15, 0.2) is 0 Å². The Hall–Kier alpha value is -3.45. The largest absolute Gasteiger partial charge is 0.489 e. The van der Waals surface area contributed by atoms with Crippen molar-refractivity contribution in [3.63, 3.8) is 0 Å². The summed E-state index contributed by atoms with van der Waals surface area (Å²) in [5.41, 5.74) is 2.34. The maximum Gasteiger partial charge on any atom is 0.348 e. The van der Waals surface area contributed by atoms with Crippen molar-refractivity contribution in [1.82, 2.24) is 9.97 Å². The van der Waals surface area contributed by atoms with Gasteiger partial charge in [0.25, 0.3) is 5.56 Å². The number of nitrogens with zero attached hydrogens (tertiary/aromatic N) is 1. The van der Waals surface area contributed by atoms with Gasteiger partial charge in [0.2, 0.25) is 0 Å². The number of hydrogen-bond donors (Lipinski definition) is 1. The van der Waals surface area contributed by atoms with Crippen LogP contribution in [-0.2, 0) is 17.8 Å². The fraction of sp³-hybridized carbons (Fsp3) is 0.208. The number of aryl methyl sites for hydroxylation is 1. The van der Waals surface area contributed by atoms with Crippen LogP contribution in [0, 0.1) is 6.92 Å². The predicted molar refractivity (Wildman–Crippen MR) is 121 cm³/mol. The van der Waals surface area contributed by atoms with Crippen molar-refractivity contribution in [3.8, 4) is 5.75 Å². The molecule has 0 radical (unpaired) electrons. The molecule has 0 aliphatic rings. The van der Waals surface area contributed by atoms with Gasteiger partial charge in [0.1, 0.15) is 27.9 Å². The first-order chi connectivity index (χ1) is 15.1. The van der Waals surface area contributed by atoms with Crippen molar-refractivity contribution >= 4 is 27.5 Å². The molecule has 7 heteroatoms. The Morgan fingerprint density at radius 2 is 1.84 bits per heavy atom. The van der Waals surface area contributed by atoms with E-state index in [1.165, 1.54) is 11.3 Å². The van der Waals surface area contributed by atoms with Crippen molar-refractivity contribution in [1.29, 1.82) is 0 Å². The van der Waals surface area contributed by atoms with E-state index in [4.69, 9.17) is 9.47 Å². The smallest absolute Gasteiger partial charge is 0.348 e. The van der Waals surface area contributed by atoms with Crippen LogP contribution >= 0.6 is 11.3 Å². The van der Waals surface area contributed by atoms with E-state index in [0.717, 1.165) is 16.9 Å². The highest BCUT2D eigenvalue weighted by atomic mass is 32.1. The van der Waals surface area contributed by atoms with Crippen LogP contribution < -0.4 is 10.3 Å². The van der Waals surface area contributed by atoms with Crippen LogP contribution in [0.5, 0.6) is 5.75 Å². The summed E-state index contributed by atoms with van der Waals surface area (Å²) >= 11 is 1.19. The molecule has 2 heterocycles. The van der Waals surface area contributed by atoms with Gasteiger partial charge in [-0.2, -0.15) is 0 Å². The van der Waals surface area contributed by atoms with Gasteiger partial charge in [-0.3, -0.25) is 4.79 Å². The molecule has 0 unspecified atom stereocenters. The van der Waals surface area contributed by atoms with Crippen LogP contribution in [0.1, 0.15) is 39.1 Å². The first-order valence-corrected chi connectivity index (χ1v) is 10.8. The molecular formula is C24H22N2O4S. The summed E-state index contributed by atoms with van der Waals surface area (Å²) in [6.45, 7) is 4.23. The molecule has 0 atom stereocenters. The third-order valence-electron chi connectivity index (χ3n) is 4.88. The number of carbonyl (C=O) groups excluding carboxylic acids is 1. The van der Waals surface area contributed by atoms with E-state index in [9.17, 15) is 9.59 Å². The Bertz CT molecular complexity index is 1280. The third-order valence-corrected chi connectivity index (χ3v) is 6.04. The van der Waals surface area contributed by atoms with E-state index in [1.54, 1.807) is 13.8 Å². The quantitative estimate of drug-likeness (QED) is 0.429. The number of carbonyl (C=O) groups is 1. The topological polar surface area (TPSA) is 81.3 Å². The van der Waals surface area contributed by atoms with Crippen LogP contribution in [-0.4, -0.2) is 22.5 Å². The monoisotopic (exact) mass is 434 g/mol. The zero-order valence-electron chi connectivity index (χ0n) is 17.3. The van der Waals surface area contributed by atoms with Crippen molar-refractivity contribution in [2.24, 2.45) is 0 Å². The van der Waals surface area contributed by atoms with Gasteiger partial charge < -0.3 is 14.5 Å². The summed E-state index contributed by atoms with van der Waals surface area (Å²) in [7, 11) is 0. The molecule has 4 rings (SSSR count). The maximum absolute atomic E-state index is 12.7. The van der Waals surface area contributed by atoms with Gasteiger partial charge in [-0.05, 0) is 31.0 Å². The van der Waals surface area contributed by atoms with E-state index in [1.807, 2.05) is 54.6 Å². The molecule has 31 heavy (non-hydrogen) atoms. The molecule has 4 aromatic rings. The number of benzene rings is 2. The first-order valence-electron chi connectivity index (χ1n) is 10.0. The number of rotatable bonds is 7. The second-order valence-electron chi connectivity index (χ2n) is 7.03. The zero-order valence-corrected chi connectivity index (χ0v) is 18.1. The van der Waals surface area contributed by atoms with Crippen molar-refractivity contribution in [3.05, 3.63) is 92.3 Å². The molecule has 158 valence electrons. The highest BCUT2D eigenvalue weighted by Crippen LogP contribution is 2.28. The highest BCUT2D eigenvalue weighted by molar-refractivity contribution is 7.20. The van der Waals surface area contributed by atoms with E-state index in [2.05, 4.69) is 9.97 Å². The van der Waals surface area contributed by atoms with E-state index >= 15 is 0 Å². The average Bonchev–Trinajstić information content (AvgIpc) is 3.11. The van der Waals surface area contributed by atoms with Crippen LogP contribution in [0.2, 0.25) is 0 Å². The molecule has 6 nitrogen and oxygen atoms in total. The van der Waals surface area contributed by atoms with Crippen LogP contribution in [0.4, 0.5) is 0 Å². The lowest BCUT2D eigenvalue weighted by atomic mass is 10.1. The van der Waals surface area contributed by atoms with Gasteiger partial charge in [0.05, 0.1) is 12.0 Å². The standard InChI is InChI=1S/C24H22N2O4S/c1-3-29-24(28)21-15(2)20-22(27)25-19(26-23(20)31-21)13-17-11-7-8-12-18(17)30-14-16-9-5-4-6-10-16/h4-12H,3,13-14H2,1-2H3,(H,25,26,27). The summed E-state index contributed by atoms with van der Waals surface area (Å²) in [4.78, 5) is 33.3. The number of esters is 1. The molecule has 0 aliphatic heterocycles. The Labute approximate surface area is 183 Å². The van der Waals surface area contributed by atoms with Gasteiger partial charge in [-0.25, -0.2) is 9.78 Å². The summed E-state index contributed by atoms with van der Waals surface area (Å²) < 4.78 is 11.1.